The normalized spacial score (nSPS) is 10.8. The zero-order chi connectivity index (χ0) is 14.5. The van der Waals surface area contributed by atoms with Crippen LogP contribution in [0.25, 0.3) is 0 Å². The standard InChI is InChI=1S/C13H20N6O/c1-4-5-15-11-6-12(18-13(14)17-11)20-10-7-16-19(8-10)9(2)3/h6-9H,4-5H2,1-3H3,(H3,14,15,17,18). The monoisotopic (exact) mass is 276 g/mol. The van der Waals surface area contributed by atoms with Crippen LogP contribution in [-0.2, 0) is 0 Å². The van der Waals surface area contributed by atoms with Crippen molar-refractivity contribution in [1.29, 1.82) is 0 Å². The lowest BCUT2D eigenvalue weighted by atomic mass is 10.4. The van der Waals surface area contributed by atoms with Gasteiger partial charge in [-0.25, -0.2) is 0 Å². The van der Waals surface area contributed by atoms with Crippen LogP contribution in [0, 0.1) is 0 Å². The fourth-order valence-electron chi connectivity index (χ4n) is 1.62. The zero-order valence-corrected chi connectivity index (χ0v) is 12.0. The third-order valence-corrected chi connectivity index (χ3v) is 2.61. The number of rotatable bonds is 6. The maximum atomic E-state index is 5.68. The maximum absolute atomic E-state index is 5.68. The van der Waals surface area contributed by atoms with Gasteiger partial charge < -0.3 is 15.8 Å². The Morgan fingerprint density at radius 3 is 2.85 bits per heavy atom. The molecule has 0 aliphatic carbocycles. The average Bonchev–Trinajstić information content (AvgIpc) is 2.84. The molecule has 2 aromatic heterocycles. The Balaban J connectivity index is 2.13. The molecule has 2 heterocycles. The van der Waals surface area contributed by atoms with Crippen molar-refractivity contribution in [1.82, 2.24) is 19.7 Å². The van der Waals surface area contributed by atoms with Gasteiger partial charge in [-0.15, -0.1) is 0 Å². The van der Waals surface area contributed by atoms with Gasteiger partial charge in [-0.05, 0) is 20.3 Å². The molecule has 7 heteroatoms. The minimum Gasteiger partial charge on any atom is -0.435 e. The second kappa shape index (κ2) is 6.23. The van der Waals surface area contributed by atoms with Crippen molar-refractivity contribution in [3.05, 3.63) is 18.5 Å². The van der Waals surface area contributed by atoms with Gasteiger partial charge in [0.2, 0.25) is 11.8 Å². The van der Waals surface area contributed by atoms with Gasteiger partial charge in [-0.1, -0.05) is 6.92 Å². The Bertz CT molecular complexity index is 566. The lowest BCUT2D eigenvalue weighted by Gasteiger charge is -2.07. The zero-order valence-electron chi connectivity index (χ0n) is 12.0. The van der Waals surface area contributed by atoms with E-state index >= 15 is 0 Å². The van der Waals surface area contributed by atoms with Crippen molar-refractivity contribution < 1.29 is 4.74 Å². The molecule has 0 bridgehead atoms. The van der Waals surface area contributed by atoms with Crippen LogP contribution < -0.4 is 15.8 Å². The maximum Gasteiger partial charge on any atom is 0.226 e. The molecular formula is C13H20N6O. The van der Waals surface area contributed by atoms with E-state index in [1.165, 1.54) is 0 Å². The molecule has 0 saturated heterocycles. The molecular weight excluding hydrogens is 256 g/mol. The summed E-state index contributed by atoms with van der Waals surface area (Å²) in [7, 11) is 0. The third-order valence-electron chi connectivity index (χ3n) is 2.61. The van der Waals surface area contributed by atoms with Gasteiger partial charge in [0.05, 0.1) is 12.4 Å². The number of nitrogens with one attached hydrogen (secondary N) is 1. The minimum atomic E-state index is 0.178. The molecule has 20 heavy (non-hydrogen) atoms. The topological polar surface area (TPSA) is 90.9 Å². The van der Waals surface area contributed by atoms with E-state index in [4.69, 9.17) is 10.5 Å². The predicted molar refractivity (Wildman–Crippen MR) is 77.9 cm³/mol. The molecule has 3 N–H and O–H groups in total. The van der Waals surface area contributed by atoms with Crippen molar-refractivity contribution in [3.63, 3.8) is 0 Å². The summed E-state index contributed by atoms with van der Waals surface area (Å²) in [6.07, 6.45) is 4.47. The first-order valence-electron chi connectivity index (χ1n) is 6.69. The predicted octanol–water partition coefficient (Wildman–Crippen LogP) is 2.45. The molecule has 0 unspecified atom stereocenters. The summed E-state index contributed by atoms with van der Waals surface area (Å²) in [6.45, 7) is 6.99. The highest BCUT2D eigenvalue weighted by Gasteiger charge is 2.07. The number of nitrogens with two attached hydrogens (primary N) is 1. The molecule has 108 valence electrons. The summed E-state index contributed by atoms with van der Waals surface area (Å²) in [4.78, 5) is 8.16. The van der Waals surface area contributed by atoms with E-state index in [-0.39, 0.29) is 12.0 Å². The highest BCUT2D eigenvalue weighted by atomic mass is 16.5. The Morgan fingerprint density at radius 1 is 1.40 bits per heavy atom. The quantitative estimate of drug-likeness (QED) is 0.842. The van der Waals surface area contributed by atoms with Crippen LogP contribution in [0.5, 0.6) is 11.6 Å². The minimum absolute atomic E-state index is 0.178. The highest BCUT2D eigenvalue weighted by molar-refractivity contribution is 5.43. The lowest BCUT2D eigenvalue weighted by Crippen LogP contribution is -2.05. The largest absolute Gasteiger partial charge is 0.435 e. The van der Waals surface area contributed by atoms with Crippen molar-refractivity contribution in [2.24, 2.45) is 0 Å². The van der Waals surface area contributed by atoms with Crippen molar-refractivity contribution in [2.45, 2.75) is 33.2 Å². The Kier molecular flexibility index (Phi) is 4.39. The Labute approximate surface area is 118 Å². The van der Waals surface area contributed by atoms with E-state index in [0.29, 0.717) is 17.4 Å². The molecule has 0 fully saturated rings. The Hall–Kier alpha value is -2.31. The highest BCUT2D eigenvalue weighted by Crippen LogP contribution is 2.22. The number of aromatic nitrogens is 4. The van der Waals surface area contributed by atoms with Crippen LogP contribution >= 0.6 is 0 Å². The van der Waals surface area contributed by atoms with Crippen LogP contribution in [0.15, 0.2) is 18.5 Å². The van der Waals surface area contributed by atoms with E-state index in [0.717, 1.165) is 13.0 Å². The third kappa shape index (κ3) is 3.59. The van der Waals surface area contributed by atoms with Crippen molar-refractivity contribution in [3.8, 4) is 11.6 Å². The number of nitrogen functional groups attached to an aromatic ring is 1. The van der Waals surface area contributed by atoms with Gasteiger partial charge in [0.15, 0.2) is 5.75 Å². The fourth-order valence-corrected chi connectivity index (χ4v) is 1.62. The first kappa shape index (κ1) is 14.1. The molecule has 0 aliphatic rings. The SMILES string of the molecule is CCCNc1cc(Oc2cnn(C(C)C)c2)nc(N)n1. The van der Waals surface area contributed by atoms with Gasteiger partial charge in [0.25, 0.3) is 0 Å². The van der Waals surface area contributed by atoms with Gasteiger partial charge in [0.1, 0.15) is 5.82 Å². The lowest BCUT2D eigenvalue weighted by molar-refractivity contribution is 0.459. The van der Waals surface area contributed by atoms with Gasteiger partial charge >= 0.3 is 0 Å². The van der Waals surface area contributed by atoms with Crippen LogP contribution in [0.4, 0.5) is 11.8 Å². The summed E-state index contributed by atoms with van der Waals surface area (Å²) >= 11 is 0. The average molecular weight is 276 g/mol. The number of hydrogen-bond acceptors (Lipinski definition) is 6. The molecule has 0 aliphatic heterocycles. The smallest absolute Gasteiger partial charge is 0.226 e. The molecule has 0 aromatic carbocycles. The fraction of sp³-hybridized carbons (Fsp3) is 0.462. The summed E-state index contributed by atoms with van der Waals surface area (Å²) < 4.78 is 7.47. The summed E-state index contributed by atoms with van der Waals surface area (Å²) in [5, 5.41) is 7.36. The van der Waals surface area contributed by atoms with Gasteiger partial charge in [-0.3, -0.25) is 4.68 Å². The van der Waals surface area contributed by atoms with Gasteiger partial charge in [-0.2, -0.15) is 15.1 Å². The van der Waals surface area contributed by atoms with Crippen LogP contribution in [0.2, 0.25) is 0 Å². The molecule has 0 saturated carbocycles. The number of hydrogen-bond donors (Lipinski definition) is 2. The van der Waals surface area contributed by atoms with E-state index in [1.807, 2.05) is 24.7 Å². The molecule has 7 nitrogen and oxygen atoms in total. The van der Waals surface area contributed by atoms with E-state index < -0.39 is 0 Å². The first-order chi connectivity index (χ1) is 9.58. The molecule has 0 radical (unpaired) electrons. The van der Waals surface area contributed by atoms with Gasteiger partial charge in [0, 0.05) is 18.7 Å². The number of nitrogens with zero attached hydrogens (tertiary/aromatic N) is 4. The van der Waals surface area contributed by atoms with Crippen LogP contribution in [0.3, 0.4) is 0 Å². The second-order valence-electron chi connectivity index (χ2n) is 4.73. The number of anilines is 2. The molecule has 2 rings (SSSR count). The molecule has 0 atom stereocenters. The number of ether oxygens (including phenoxy) is 1. The Morgan fingerprint density at radius 2 is 2.20 bits per heavy atom. The van der Waals surface area contributed by atoms with E-state index in [1.54, 1.807) is 12.3 Å². The second-order valence-corrected chi connectivity index (χ2v) is 4.73. The first-order valence-corrected chi connectivity index (χ1v) is 6.69. The summed E-state index contributed by atoms with van der Waals surface area (Å²) in [6, 6.07) is 2.00. The van der Waals surface area contributed by atoms with Crippen molar-refractivity contribution >= 4 is 11.8 Å². The molecule has 0 spiro atoms. The van der Waals surface area contributed by atoms with Crippen LogP contribution in [-0.4, -0.2) is 26.3 Å². The summed E-state index contributed by atoms with van der Waals surface area (Å²) in [5.74, 6) is 1.86. The van der Waals surface area contributed by atoms with E-state index in [9.17, 15) is 0 Å². The van der Waals surface area contributed by atoms with E-state index in [2.05, 4.69) is 27.3 Å². The van der Waals surface area contributed by atoms with Crippen molar-refractivity contribution in [2.75, 3.05) is 17.6 Å². The van der Waals surface area contributed by atoms with Crippen LogP contribution in [0.1, 0.15) is 33.2 Å². The summed E-state index contributed by atoms with van der Waals surface area (Å²) in [5.41, 5.74) is 5.68. The molecule has 0 amide bonds. The molecule has 2 aromatic rings.